The zero-order chi connectivity index (χ0) is 11.2. The van der Waals surface area contributed by atoms with Crippen LogP contribution in [0.4, 0.5) is 0 Å². The normalized spacial score (nSPS) is 20.1. The lowest BCUT2D eigenvalue weighted by Crippen LogP contribution is -2.15. The number of alkyl halides is 3. The molecule has 3 nitrogen and oxygen atoms in total. The van der Waals surface area contributed by atoms with Crippen LogP contribution in [0.3, 0.4) is 0 Å². The molecule has 0 aromatic carbocycles. The molecule has 0 aromatic heterocycles. The summed E-state index contributed by atoms with van der Waals surface area (Å²) in [5.41, 5.74) is -0.199. The van der Waals surface area contributed by atoms with Crippen molar-refractivity contribution in [1.82, 2.24) is 0 Å². The average molecular weight is 284 g/mol. The summed E-state index contributed by atoms with van der Waals surface area (Å²) < 4.78 is 22.1. The molecule has 0 aliphatic heterocycles. The van der Waals surface area contributed by atoms with E-state index in [0.717, 1.165) is 0 Å². The minimum Gasteiger partial charge on any atom is -0.303 e. The fourth-order valence-electron chi connectivity index (χ4n) is 0.686. The number of halogens is 3. The zero-order valence-corrected chi connectivity index (χ0v) is 11.2. The van der Waals surface area contributed by atoms with E-state index in [0.29, 0.717) is 0 Å². The first-order valence-electron chi connectivity index (χ1n) is 4.11. The second-order valence-electron chi connectivity index (χ2n) is 2.87. The third-order valence-corrected chi connectivity index (χ3v) is 4.66. The van der Waals surface area contributed by atoms with Crippen LogP contribution < -0.4 is 0 Å². The molecular weight excluding hydrogens is 269 g/mol. The Morgan fingerprint density at radius 3 is 1.64 bits per heavy atom. The minimum atomic E-state index is -3.25. The van der Waals surface area contributed by atoms with Gasteiger partial charge in [0.05, 0.1) is 12.2 Å². The maximum atomic E-state index is 11.8. The lowest BCUT2D eigenvalue weighted by Gasteiger charge is -2.22. The van der Waals surface area contributed by atoms with Crippen molar-refractivity contribution in [3.63, 3.8) is 0 Å². The van der Waals surface area contributed by atoms with Gasteiger partial charge in [-0.1, -0.05) is 0 Å². The van der Waals surface area contributed by atoms with Crippen LogP contribution in [0.15, 0.2) is 0 Å². The van der Waals surface area contributed by atoms with Crippen LogP contribution in [0.1, 0.15) is 13.8 Å². The van der Waals surface area contributed by atoms with E-state index in [2.05, 4.69) is 0 Å². The Labute approximate surface area is 99.5 Å². The van der Waals surface area contributed by atoms with Crippen molar-refractivity contribution in [3.8, 4) is 0 Å². The van der Waals surface area contributed by atoms with Gasteiger partial charge >= 0.3 is 7.60 Å². The smallest absolute Gasteiger partial charge is 0.303 e. The van der Waals surface area contributed by atoms with Crippen molar-refractivity contribution in [2.75, 3.05) is 17.4 Å². The summed E-state index contributed by atoms with van der Waals surface area (Å²) in [6.45, 7) is 3.39. The van der Waals surface area contributed by atoms with E-state index in [9.17, 15) is 4.57 Å². The molecule has 0 fully saturated rings. The maximum Gasteiger partial charge on any atom is 0.345 e. The molecule has 1 unspecified atom stereocenters. The highest BCUT2D eigenvalue weighted by Gasteiger charge is 2.28. The van der Waals surface area contributed by atoms with Gasteiger partial charge < -0.3 is 9.05 Å². The summed E-state index contributed by atoms with van der Waals surface area (Å²) in [5, 5.41) is 0. The Hall–Kier alpha value is 1.02. The maximum absolute atomic E-state index is 11.8. The molecule has 0 aromatic rings. The Kier molecular flexibility index (Phi) is 7.85. The molecule has 14 heavy (non-hydrogen) atoms. The molecule has 0 aliphatic rings. The third-order valence-electron chi connectivity index (χ3n) is 1.26. The summed E-state index contributed by atoms with van der Waals surface area (Å²) in [4.78, 5) is 0. The van der Waals surface area contributed by atoms with Crippen molar-refractivity contribution in [2.24, 2.45) is 0 Å². The van der Waals surface area contributed by atoms with Crippen molar-refractivity contribution in [1.29, 1.82) is 0 Å². The molecule has 0 N–H and O–H groups in total. The van der Waals surface area contributed by atoms with Gasteiger partial charge in [0.1, 0.15) is 5.62 Å². The summed E-state index contributed by atoms with van der Waals surface area (Å²) in [7, 11) is -3.25. The first kappa shape index (κ1) is 15.0. The molecule has 0 spiro atoms. The summed E-state index contributed by atoms with van der Waals surface area (Å²) in [5.74, 6) is 0.471. The molecule has 0 saturated heterocycles. The Bertz CT molecular complexity index is 187. The van der Waals surface area contributed by atoms with Gasteiger partial charge in [-0.2, -0.15) is 0 Å². The Morgan fingerprint density at radius 1 is 1.07 bits per heavy atom. The second-order valence-corrected chi connectivity index (χ2v) is 6.09. The molecule has 3 atom stereocenters. The van der Waals surface area contributed by atoms with E-state index < -0.39 is 7.60 Å². The van der Waals surface area contributed by atoms with Gasteiger partial charge in [-0.05, 0) is 13.8 Å². The largest absolute Gasteiger partial charge is 0.345 e. The topological polar surface area (TPSA) is 35.5 Å². The van der Waals surface area contributed by atoms with Gasteiger partial charge in [0.15, 0.2) is 0 Å². The highest BCUT2D eigenvalue weighted by Crippen LogP contribution is 2.51. The van der Waals surface area contributed by atoms with Gasteiger partial charge in [0.25, 0.3) is 0 Å². The summed E-state index contributed by atoms with van der Waals surface area (Å²) in [6, 6.07) is 0. The van der Waals surface area contributed by atoms with E-state index >= 15 is 0 Å². The second kappa shape index (κ2) is 7.32. The van der Waals surface area contributed by atoms with Crippen molar-refractivity contribution in [3.05, 3.63) is 0 Å². The van der Waals surface area contributed by atoms with E-state index in [4.69, 9.17) is 43.9 Å². The first-order valence-corrected chi connectivity index (χ1v) is 7.44. The van der Waals surface area contributed by atoms with Crippen LogP contribution in [0.5, 0.6) is 0 Å². The molecule has 7 heteroatoms. The van der Waals surface area contributed by atoms with Crippen LogP contribution in [0.2, 0.25) is 0 Å². The fourth-order valence-corrected chi connectivity index (χ4v) is 2.73. The Balaban J connectivity index is 4.25. The number of hydrogen-bond acceptors (Lipinski definition) is 3. The summed E-state index contributed by atoms with van der Waals surface area (Å²) >= 11 is 16.5. The third kappa shape index (κ3) is 5.79. The van der Waals surface area contributed by atoms with Crippen LogP contribution in [-0.2, 0) is 13.6 Å². The minimum absolute atomic E-state index is 0.199. The van der Waals surface area contributed by atoms with Crippen LogP contribution >= 0.6 is 42.4 Å². The fraction of sp³-hybridized carbons (Fsp3) is 1.00. The van der Waals surface area contributed by atoms with Gasteiger partial charge in [0.2, 0.25) is 0 Å². The average Bonchev–Trinajstić information content (AvgIpc) is 2.17. The highest BCUT2D eigenvalue weighted by atomic mass is 35.5. The van der Waals surface area contributed by atoms with Gasteiger partial charge in [-0.25, -0.2) is 0 Å². The van der Waals surface area contributed by atoms with Crippen LogP contribution in [0, 0.1) is 0 Å². The molecular formula is C7H14Cl3O3P. The standard InChI is InChI=1S/C7H14Cl3O3P/c1-6(3-8)12-14(11,5-10)13-7(2)4-9/h6-7H,3-5H2,1-2H3/t6-,7+,14?. The SMILES string of the molecule is C[C@H](CCl)OP(=O)(CCl)O[C@@H](C)CCl. The molecule has 0 aliphatic carbocycles. The number of rotatable bonds is 7. The molecule has 0 amide bonds. The molecule has 0 rings (SSSR count). The predicted molar refractivity (Wildman–Crippen MR) is 60.9 cm³/mol. The van der Waals surface area contributed by atoms with Crippen LogP contribution in [-0.4, -0.2) is 29.6 Å². The van der Waals surface area contributed by atoms with E-state index in [1.807, 2.05) is 0 Å². The molecule has 0 heterocycles. The van der Waals surface area contributed by atoms with Crippen molar-refractivity contribution >= 4 is 42.4 Å². The lowest BCUT2D eigenvalue weighted by molar-refractivity contribution is 0.148. The van der Waals surface area contributed by atoms with E-state index in [1.54, 1.807) is 13.8 Å². The van der Waals surface area contributed by atoms with Crippen molar-refractivity contribution < 1.29 is 13.6 Å². The van der Waals surface area contributed by atoms with Gasteiger partial charge in [-0.3, -0.25) is 4.57 Å². The van der Waals surface area contributed by atoms with Crippen molar-refractivity contribution in [2.45, 2.75) is 26.1 Å². The van der Waals surface area contributed by atoms with Crippen LogP contribution in [0.25, 0.3) is 0 Å². The summed E-state index contributed by atoms with van der Waals surface area (Å²) in [6.07, 6.45) is -0.715. The quantitative estimate of drug-likeness (QED) is 0.528. The first-order chi connectivity index (χ1) is 6.47. The lowest BCUT2D eigenvalue weighted by atomic mass is 10.5. The molecule has 0 bridgehead atoms. The zero-order valence-electron chi connectivity index (χ0n) is 8.08. The highest BCUT2D eigenvalue weighted by molar-refractivity contribution is 7.55. The Morgan fingerprint density at radius 2 is 1.43 bits per heavy atom. The predicted octanol–water partition coefficient (Wildman–Crippen LogP) is 3.66. The van der Waals surface area contributed by atoms with Gasteiger partial charge in [0, 0.05) is 11.8 Å². The van der Waals surface area contributed by atoms with E-state index in [-0.39, 0.29) is 29.6 Å². The van der Waals surface area contributed by atoms with E-state index in [1.165, 1.54) is 0 Å². The van der Waals surface area contributed by atoms with Gasteiger partial charge in [-0.15, -0.1) is 34.8 Å². The molecule has 0 saturated carbocycles. The number of hydrogen-bond donors (Lipinski definition) is 0. The monoisotopic (exact) mass is 282 g/mol. The molecule has 0 radical (unpaired) electrons. The molecule has 86 valence electrons.